The maximum Gasteiger partial charge on any atom is 0.0739 e. The Morgan fingerprint density at radius 1 is 1.36 bits per heavy atom. The normalized spacial score (nSPS) is 27.8. The van der Waals surface area contributed by atoms with Gasteiger partial charge in [0.2, 0.25) is 0 Å². The van der Waals surface area contributed by atoms with Gasteiger partial charge in [-0.15, -0.1) is 0 Å². The number of benzene rings is 1. The maximum absolute atomic E-state index is 8.86. The Labute approximate surface area is 82.2 Å². The standard InChI is InChI=1S/C12H10N2/c13-7-8-5-10-9-3-1-2-4-11(9)14-12(10)6-8/h1-4,8,12H,5-6H2. The molecule has 14 heavy (non-hydrogen) atoms. The zero-order chi connectivity index (χ0) is 9.54. The molecule has 3 rings (SSSR count). The van der Waals surface area contributed by atoms with Gasteiger partial charge in [-0.05, 0) is 24.5 Å². The van der Waals surface area contributed by atoms with Crippen molar-refractivity contribution in [2.75, 3.05) is 0 Å². The quantitative estimate of drug-likeness (QED) is 0.584. The lowest BCUT2D eigenvalue weighted by Gasteiger charge is -1.97. The molecule has 1 fully saturated rings. The molecule has 2 heteroatoms. The monoisotopic (exact) mass is 182 g/mol. The fourth-order valence-corrected chi connectivity index (χ4v) is 2.44. The van der Waals surface area contributed by atoms with E-state index in [1.54, 1.807) is 0 Å². The van der Waals surface area contributed by atoms with Crippen LogP contribution in [0.15, 0.2) is 29.3 Å². The van der Waals surface area contributed by atoms with Gasteiger partial charge in [-0.1, -0.05) is 18.2 Å². The van der Waals surface area contributed by atoms with Crippen molar-refractivity contribution >= 4 is 5.57 Å². The fourth-order valence-electron chi connectivity index (χ4n) is 2.44. The second kappa shape index (κ2) is 2.68. The van der Waals surface area contributed by atoms with Crippen LogP contribution in [0.5, 0.6) is 0 Å². The summed E-state index contributed by atoms with van der Waals surface area (Å²) < 4.78 is 0. The predicted octanol–water partition coefficient (Wildman–Crippen LogP) is 0.773. The Bertz CT molecular complexity index is 536. The summed E-state index contributed by atoms with van der Waals surface area (Å²) >= 11 is 0. The minimum Gasteiger partial charge on any atom is -0.277 e. The molecule has 0 radical (unpaired) electrons. The lowest BCUT2D eigenvalue weighted by molar-refractivity contribution is 0.662. The summed E-state index contributed by atoms with van der Waals surface area (Å²) in [5, 5.41) is 11.3. The van der Waals surface area contributed by atoms with Crippen LogP contribution < -0.4 is 10.6 Å². The molecule has 0 bridgehead atoms. The van der Waals surface area contributed by atoms with E-state index in [1.807, 2.05) is 12.1 Å². The van der Waals surface area contributed by atoms with E-state index >= 15 is 0 Å². The molecule has 68 valence electrons. The number of para-hydroxylation sites is 1. The zero-order valence-electron chi connectivity index (χ0n) is 7.77. The van der Waals surface area contributed by atoms with Gasteiger partial charge < -0.3 is 0 Å². The van der Waals surface area contributed by atoms with E-state index < -0.39 is 0 Å². The van der Waals surface area contributed by atoms with Gasteiger partial charge in [0.05, 0.1) is 23.4 Å². The van der Waals surface area contributed by atoms with Crippen LogP contribution in [0.25, 0.3) is 5.57 Å². The molecule has 1 aromatic carbocycles. The molecule has 0 amide bonds. The number of rotatable bonds is 0. The first-order valence-corrected chi connectivity index (χ1v) is 4.94. The first-order chi connectivity index (χ1) is 6.88. The lowest BCUT2D eigenvalue weighted by atomic mass is 10.1. The average molecular weight is 182 g/mol. The Hall–Kier alpha value is -1.62. The van der Waals surface area contributed by atoms with Gasteiger partial charge in [0.15, 0.2) is 0 Å². The van der Waals surface area contributed by atoms with Gasteiger partial charge in [0.25, 0.3) is 0 Å². The van der Waals surface area contributed by atoms with Crippen molar-refractivity contribution in [3.63, 3.8) is 0 Å². The maximum atomic E-state index is 8.86. The minimum atomic E-state index is 0.187. The predicted molar refractivity (Wildman–Crippen MR) is 52.8 cm³/mol. The van der Waals surface area contributed by atoms with Crippen LogP contribution in [0, 0.1) is 17.2 Å². The minimum absolute atomic E-state index is 0.187. The summed E-state index contributed by atoms with van der Waals surface area (Å²) in [6.07, 6.45) is 1.84. The number of hydrogen-bond acceptors (Lipinski definition) is 2. The molecule has 1 aromatic rings. The molecule has 2 unspecified atom stereocenters. The Kier molecular flexibility index (Phi) is 1.49. The fraction of sp³-hybridized carbons (Fsp3) is 0.333. The van der Waals surface area contributed by atoms with Gasteiger partial charge in [-0.2, -0.15) is 5.26 Å². The number of hydrogen-bond donors (Lipinski definition) is 0. The third-order valence-corrected chi connectivity index (χ3v) is 3.10. The molecule has 0 saturated heterocycles. The van der Waals surface area contributed by atoms with Crippen LogP contribution in [0.4, 0.5) is 0 Å². The average Bonchev–Trinajstić information content (AvgIpc) is 2.73. The third kappa shape index (κ3) is 0.927. The molecule has 0 N–H and O–H groups in total. The molecule has 2 atom stereocenters. The highest BCUT2D eigenvalue weighted by Gasteiger charge is 2.31. The Balaban J connectivity index is 2.21. The van der Waals surface area contributed by atoms with Crippen LogP contribution in [0.2, 0.25) is 0 Å². The summed E-state index contributed by atoms with van der Waals surface area (Å²) in [4.78, 5) is 4.62. The molecule has 1 heterocycles. The van der Waals surface area contributed by atoms with Gasteiger partial charge in [0, 0.05) is 5.22 Å². The molecule has 1 aliphatic heterocycles. The van der Waals surface area contributed by atoms with E-state index in [2.05, 4.69) is 23.2 Å². The van der Waals surface area contributed by atoms with Gasteiger partial charge >= 0.3 is 0 Å². The molecular weight excluding hydrogens is 172 g/mol. The summed E-state index contributed by atoms with van der Waals surface area (Å²) in [6.45, 7) is 0. The van der Waals surface area contributed by atoms with Crippen molar-refractivity contribution in [2.24, 2.45) is 10.9 Å². The van der Waals surface area contributed by atoms with Crippen LogP contribution in [0.3, 0.4) is 0 Å². The van der Waals surface area contributed by atoms with Gasteiger partial charge in [-0.3, -0.25) is 4.99 Å². The van der Waals surface area contributed by atoms with E-state index in [0.29, 0.717) is 6.04 Å². The second-order valence-corrected chi connectivity index (χ2v) is 3.95. The molecule has 2 aliphatic rings. The van der Waals surface area contributed by atoms with Crippen molar-refractivity contribution in [1.82, 2.24) is 0 Å². The first-order valence-electron chi connectivity index (χ1n) is 4.94. The summed E-state index contributed by atoms with van der Waals surface area (Å²) in [5.74, 6) is 0.187. The highest BCUT2D eigenvalue weighted by Crippen LogP contribution is 2.33. The number of fused-ring (bicyclic) bond motifs is 2. The van der Waals surface area contributed by atoms with Gasteiger partial charge in [-0.25, -0.2) is 0 Å². The molecule has 1 saturated carbocycles. The van der Waals surface area contributed by atoms with Crippen LogP contribution in [-0.2, 0) is 0 Å². The van der Waals surface area contributed by atoms with Crippen molar-refractivity contribution in [2.45, 2.75) is 18.9 Å². The van der Waals surface area contributed by atoms with Gasteiger partial charge in [0.1, 0.15) is 0 Å². The Morgan fingerprint density at radius 2 is 2.21 bits per heavy atom. The highest BCUT2D eigenvalue weighted by molar-refractivity contribution is 5.57. The van der Waals surface area contributed by atoms with Crippen molar-refractivity contribution in [3.8, 4) is 6.07 Å². The van der Waals surface area contributed by atoms with E-state index in [0.717, 1.165) is 18.2 Å². The third-order valence-electron chi connectivity index (χ3n) is 3.10. The molecule has 0 spiro atoms. The van der Waals surface area contributed by atoms with Crippen LogP contribution in [0.1, 0.15) is 12.8 Å². The van der Waals surface area contributed by atoms with E-state index in [4.69, 9.17) is 5.26 Å². The Morgan fingerprint density at radius 3 is 3.07 bits per heavy atom. The van der Waals surface area contributed by atoms with Crippen LogP contribution in [-0.4, -0.2) is 6.04 Å². The van der Waals surface area contributed by atoms with Crippen molar-refractivity contribution < 1.29 is 0 Å². The topological polar surface area (TPSA) is 36.1 Å². The first kappa shape index (κ1) is 7.75. The largest absolute Gasteiger partial charge is 0.277 e. The SMILES string of the molecule is N#CC1CC2=c3ccccc3=NC2C1. The zero-order valence-corrected chi connectivity index (χ0v) is 7.77. The second-order valence-electron chi connectivity index (χ2n) is 3.95. The summed E-state index contributed by atoms with van der Waals surface area (Å²) in [6, 6.07) is 10.9. The highest BCUT2D eigenvalue weighted by atomic mass is 14.8. The lowest BCUT2D eigenvalue weighted by Crippen LogP contribution is -2.22. The van der Waals surface area contributed by atoms with Crippen molar-refractivity contribution in [1.29, 1.82) is 5.26 Å². The van der Waals surface area contributed by atoms with Crippen LogP contribution >= 0.6 is 0 Å². The van der Waals surface area contributed by atoms with E-state index in [1.165, 1.54) is 10.8 Å². The number of nitrogens with zero attached hydrogens (tertiary/aromatic N) is 2. The molecular formula is C12H10N2. The smallest absolute Gasteiger partial charge is 0.0739 e. The molecule has 2 nitrogen and oxygen atoms in total. The number of nitriles is 1. The summed E-state index contributed by atoms with van der Waals surface area (Å²) in [7, 11) is 0. The summed E-state index contributed by atoms with van der Waals surface area (Å²) in [5.41, 5.74) is 1.38. The molecule has 1 aliphatic carbocycles. The van der Waals surface area contributed by atoms with E-state index in [9.17, 15) is 0 Å². The van der Waals surface area contributed by atoms with E-state index in [-0.39, 0.29) is 5.92 Å². The van der Waals surface area contributed by atoms with Crippen molar-refractivity contribution in [3.05, 3.63) is 34.8 Å². The molecule has 0 aromatic heterocycles.